The number of benzene rings is 2. The minimum Gasteiger partial charge on any atom is -0.468 e. The Morgan fingerprint density at radius 2 is 1.40 bits per heavy atom. The summed E-state index contributed by atoms with van der Waals surface area (Å²) in [6, 6.07) is 12.7. The van der Waals surface area contributed by atoms with Gasteiger partial charge in [0.2, 0.25) is 0 Å². The van der Waals surface area contributed by atoms with E-state index in [1.54, 1.807) is 62.4 Å². The molecule has 218 valence electrons. The number of carbonyl (C=O) groups excluding carboxylic acids is 4. The van der Waals surface area contributed by atoms with Gasteiger partial charge < -0.3 is 24.3 Å². The van der Waals surface area contributed by atoms with Gasteiger partial charge in [-0.1, -0.05) is 64.8 Å². The van der Waals surface area contributed by atoms with E-state index in [4.69, 9.17) is 18.9 Å². The van der Waals surface area contributed by atoms with Crippen LogP contribution in [-0.2, 0) is 30.3 Å². The first-order valence-corrected chi connectivity index (χ1v) is 13.8. The molecule has 9 nitrogen and oxygen atoms in total. The molecular formula is C31H41NO8. The number of nitrogens with one attached hydrogen (secondary N) is 1. The van der Waals surface area contributed by atoms with Crippen molar-refractivity contribution < 1.29 is 38.1 Å². The van der Waals surface area contributed by atoms with Crippen molar-refractivity contribution in [3.8, 4) is 11.5 Å². The Labute approximate surface area is 236 Å². The smallest absolute Gasteiger partial charge is 0.338 e. The molecule has 2 unspecified atom stereocenters. The van der Waals surface area contributed by atoms with E-state index in [1.807, 2.05) is 13.8 Å². The fourth-order valence-electron chi connectivity index (χ4n) is 4.01. The normalized spacial score (nSPS) is 13.0. The van der Waals surface area contributed by atoms with E-state index in [0.29, 0.717) is 24.0 Å². The van der Waals surface area contributed by atoms with Crippen molar-refractivity contribution in [2.45, 2.75) is 65.8 Å². The molecule has 0 saturated heterocycles. The maximum absolute atomic E-state index is 12.7. The third-order valence-corrected chi connectivity index (χ3v) is 6.34. The highest BCUT2D eigenvalue weighted by Crippen LogP contribution is 2.31. The summed E-state index contributed by atoms with van der Waals surface area (Å²) in [5.41, 5.74) is 1.09. The summed E-state index contributed by atoms with van der Waals surface area (Å²) in [6.07, 6.45) is 3.17. The van der Waals surface area contributed by atoms with E-state index in [-0.39, 0.29) is 42.9 Å². The predicted octanol–water partition coefficient (Wildman–Crippen LogP) is 4.90. The van der Waals surface area contributed by atoms with Gasteiger partial charge in [0, 0.05) is 6.54 Å². The molecule has 0 bridgehead atoms. The first-order valence-electron chi connectivity index (χ1n) is 13.8. The van der Waals surface area contributed by atoms with E-state index < -0.39 is 29.9 Å². The summed E-state index contributed by atoms with van der Waals surface area (Å²) in [7, 11) is 1.29. The topological polar surface area (TPSA) is 117 Å². The van der Waals surface area contributed by atoms with Crippen LogP contribution in [0.15, 0.2) is 48.5 Å². The standard InChI is InChI=1S/C31H41NO8/c1-6-11-21(3)28(33)39-26-16-15-23(20-27(26)40-29(34)22(4)12-7-2)19-25(31(36)37-5)32-17-18-38-30(35)24-13-9-8-10-14-24/h8-10,13-16,20-22,25,32H,6-7,11-12,17-19H2,1-5H3/t21?,22?,25-/m0/s1. The largest absolute Gasteiger partial charge is 0.468 e. The highest BCUT2D eigenvalue weighted by atomic mass is 16.6. The van der Waals surface area contributed by atoms with Gasteiger partial charge in [-0.2, -0.15) is 0 Å². The molecule has 0 aliphatic heterocycles. The minimum atomic E-state index is -0.763. The Bertz CT molecular complexity index is 1120. The van der Waals surface area contributed by atoms with E-state index in [0.717, 1.165) is 12.8 Å². The van der Waals surface area contributed by atoms with Crippen LogP contribution in [0.5, 0.6) is 11.5 Å². The van der Waals surface area contributed by atoms with Crippen LogP contribution in [0.25, 0.3) is 0 Å². The molecule has 0 radical (unpaired) electrons. The lowest BCUT2D eigenvalue weighted by molar-refractivity contribution is -0.143. The summed E-state index contributed by atoms with van der Waals surface area (Å²) in [6.45, 7) is 7.80. The Morgan fingerprint density at radius 3 is 1.98 bits per heavy atom. The molecule has 1 N–H and O–H groups in total. The predicted molar refractivity (Wildman–Crippen MR) is 150 cm³/mol. The molecule has 2 aromatic carbocycles. The molecule has 0 saturated carbocycles. The van der Waals surface area contributed by atoms with E-state index in [2.05, 4.69) is 5.32 Å². The lowest BCUT2D eigenvalue weighted by Crippen LogP contribution is -2.41. The van der Waals surface area contributed by atoms with Crippen molar-refractivity contribution in [2.24, 2.45) is 11.8 Å². The minimum absolute atomic E-state index is 0.0459. The fourth-order valence-corrected chi connectivity index (χ4v) is 4.01. The molecule has 9 heteroatoms. The van der Waals surface area contributed by atoms with Gasteiger partial charge in [-0.15, -0.1) is 0 Å². The maximum Gasteiger partial charge on any atom is 0.338 e. The zero-order valence-electron chi connectivity index (χ0n) is 24.1. The van der Waals surface area contributed by atoms with Gasteiger partial charge in [-0.25, -0.2) is 4.79 Å². The molecule has 0 spiro atoms. The van der Waals surface area contributed by atoms with Crippen molar-refractivity contribution in [3.63, 3.8) is 0 Å². The highest BCUT2D eigenvalue weighted by molar-refractivity contribution is 5.89. The summed E-state index contributed by atoms with van der Waals surface area (Å²) in [5, 5.41) is 3.05. The number of hydrogen-bond acceptors (Lipinski definition) is 9. The van der Waals surface area contributed by atoms with Crippen molar-refractivity contribution in [3.05, 3.63) is 59.7 Å². The van der Waals surface area contributed by atoms with E-state index in [9.17, 15) is 19.2 Å². The van der Waals surface area contributed by atoms with Gasteiger partial charge in [-0.05, 0) is 49.1 Å². The zero-order valence-corrected chi connectivity index (χ0v) is 24.1. The van der Waals surface area contributed by atoms with Crippen molar-refractivity contribution >= 4 is 23.9 Å². The third-order valence-electron chi connectivity index (χ3n) is 6.34. The van der Waals surface area contributed by atoms with Crippen LogP contribution in [-0.4, -0.2) is 50.2 Å². The molecule has 0 aliphatic carbocycles. The molecule has 0 aliphatic rings. The maximum atomic E-state index is 12.7. The zero-order chi connectivity index (χ0) is 29.5. The second-order valence-corrected chi connectivity index (χ2v) is 9.74. The molecule has 0 amide bonds. The lowest BCUT2D eigenvalue weighted by atomic mass is 10.0. The summed E-state index contributed by atoms with van der Waals surface area (Å²) < 4.78 is 21.5. The van der Waals surface area contributed by atoms with Crippen LogP contribution < -0.4 is 14.8 Å². The quantitative estimate of drug-likeness (QED) is 0.175. The Morgan fingerprint density at radius 1 is 0.800 bits per heavy atom. The number of esters is 4. The monoisotopic (exact) mass is 555 g/mol. The van der Waals surface area contributed by atoms with Crippen LogP contribution in [0.1, 0.15) is 69.3 Å². The number of methoxy groups -OCH3 is 1. The molecule has 3 atom stereocenters. The summed E-state index contributed by atoms with van der Waals surface area (Å²) in [5.74, 6) is -2.19. The number of rotatable bonds is 16. The average molecular weight is 556 g/mol. The SMILES string of the molecule is CCCC(C)C(=O)Oc1ccc(C[C@H](NCCOC(=O)c2ccccc2)C(=O)OC)cc1OC(=O)C(C)CCC. The second kappa shape index (κ2) is 17.1. The van der Waals surface area contributed by atoms with Gasteiger partial charge >= 0.3 is 23.9 Å². The molecule has 2 rings (SSSR count). The van der Waals surface area contributed by atoms with Crippen molar-refractivity contribution in [2.75, 3.05) is 20.3 Å². The van der Waals surface area contributed by atoms with Crippen LogP contribution in [0.2, 0.25) is 0 Å². The Balaban J connectivity index is 2.15. The molecule has 0 fully saturated rings. The highest BCUT2D eigenvalue weighted by Gasteiger charge is 2.24. The van der Waals surface area contributed by atoms with Crippen molar-refractivity contribution in [1.29, 1.82) is 0 Å². The molecule has 0 aromatic heterocycles. The van der Waals surface area contributed by atoms with Gasteiger partial charge in [0.25, 0.3) is 0 Å². The molecule has 2 aromatic rings. The van der Waals surface area contributed by atoms with E-state index in [1.165, 1.54) is 7.11 Å². The summed E-state index contributed by atoms with van der Waals surface area (Å²) in [4.78, 5) is 49.9. The first kappa shape index (κ1) is 32.5. The number of ether oxygens (including phenoxy) is 4. The van der Waals surface area contributed by atoms with Gasteiger partial charge in [0.1, 0.15) is 12.6 Å². The average Bonchev–Trinajstić information content (AvgIpc) is 2.95. The lowest BCUT2D eigenvalue weighted by Gasteiger charge is -2.19. The van der Waals surface area contributed by atoms with Crippen LogP contribution in [0.4, 0.5) is 0 Å². The van der Waals surface area contributed by atoms with Gasteiger partial charge in [-0.3, -0.25) is 14.4 Å². The van der Waals surface area contributed by atoms with E-state index >= 15 is 0 Å². The molecule has 40 heavy (non-hydrogen) atoms. The number of hydrogen-bond donors (Lipinski definition) is 1. The van der Waals surface area contributed by atoms with Crippen LogP contribution in [0, 0.1) is 11.8 Å². The molecule has 0 heterocycles. The summed E-state index contributed by atoms with van der Waals surface area (Å²) >= 11 is 0. The van der Waals surface area contributed by atoms with Crippen molar-refractivity contribution in [1.82, 2.24) is 5.32 Å². The molecular weight excluding hydrogens is 514 g/mol. The number of carbonyl (C=O) groups is 4. The second-order valence-electron chi connectivity index (χ2n) is 9.74. The Kier molecular flexibility index (Phi) is 13.9. The van der Waals surface area contributed by atoms with Gasteiger partial charge in [0.15, 0.2) is 11.5 Å². The first-order chi connectivity index (χ1) is 19.2. The fraction of sp³-hybridized carbons (Fsp3) is 0.484. The van der Waals surface area contributed by atoms with Crippen LogP contribution in [0.3, 0.4) is 0 Å². The third kappa shape index (κ3) is 10.4. The van der Waals surface area contributed by atoms with Crippen LogP contribution >= 0.6 is 0 Å². The Hall–Kier alpha value is -3.72. The van der Waals surface area contributed by atoms with Gasteiger partial charge in [0.05, 0.1) is 24.5 Å².